The quantitative estimate of drug-likeness (QED) is 0.374. The summed E-state index contributed by atoms with van der Waals surface area (Å²) in [6.45, 7) is 3.44. The molecular formula is C4H7Cl3OSi. The van der Waals surface area contributed by atoms with Crippen LogP contribution in [0.25, 0.3) is 0 Å². The van der Waals surface area contributed by atoms with E-state index in [9.17, 15) is 0 Å². The van der Waals surface area contributed by atoms with Crippen molar-refractivity contribution in [2.24, 2.45) is 0 Å². The molecule has 0 aromatic carbocycles. The van der Waals surface area contributed by atoms with Gasteiger partial charge in [-0.2, -0.15) is 0 Å². The molecule has 0 fully saturated rings. The monoisotopic (exact) mass is 204 g/mol. The van der Waals surface area contributed by atoms with Crippen LogP contribution in [0.2, 0.25) is 0 Å². The number of hydrogen-bond donors (Lipinski definition) is 0. The second-order valence-electron chi connectivity index (χ2n) is 1.43. The highest BCUT2D eigenvalue weighted by Gasteiger charge is 2.29. The molecule has 0 amide bonds. The van der Waals surface area contributed by atoms with E-state index in [1.807, 2.05) is 0 Å². The smallest absolute Gasteiger partial charge is 0.218 e. The molecule has 1 atom stereocenters. The van der Waals surface area contributed by atoms with Gasteiger partial charge in [0.05, 0.1) is 0 Å². The van der Waals surface area contributed by atoms with E-state index in [-0.39, 0.29) is 0 Å². The summed E-state index contributed by atoms with van der Waals surface area (Å²) in [5.41, 5.74) is 0. The van der Waals surface area contributed by atoms with Gasteiger partial charge in [-0.25, -0.2) is 0 Å². The summed E-state index contributed by atoms with van der Waals surface area (Å²) in [5.74, 6) is 0. The minimum absolute atomic E-state index is 0.478. The Kier molecular flexibility index (Phi) is 4.17. The number of rotatable bonds is 2. The summed E-state index contributed by atoms with van der Waals surface area (Å²) < 4.78 is 3.52. The van der Waals surface area contributed by atoms with Gasteiger partial charge in [0.25, 0.3) is 0 Å². The van der Waals surface area contributed by atoms with E-state index in [1.54, 1.807) is 0 Å². The highest BCUT2D eigenvalue weighted by molar-refractivity contribution is 6.68. The zero-order valence-electron chi connectivity index (χ0n) is 4.90. The van der Waals surface area contributed by atoms with Gasteiger partial charge in [0, 0.05) is 0 Å². The van der Waals surface area contributed by atoms with E-state index in [4.69, 9.17) is 39.2 Å². The van der Waals surface area contributed by atoms with Crippen LogP contribution in [0.5, 0.6) is 0 Å². The number of halogens is 3. The molecule has 0 aliphatic heterocycles. The van der Waals surface area contributed by atoms with Gasteiger partial charge >= 0.3 is 0 Å². The summed E-state index contributed by atoms with van der Waals surface area (Å²) >= 11 is 16.4. The summed E-state index contributed by atoms with van der Waals surface area (Å²) in [4.78, 5) is 0. The van der Waals surface area contributed by atoms with Crippen molar-refractivity contribution < 1.29 is 4.43 Å². The van der Waals surface area contributed by atoms with Crippen molar-refractivity contribution in [3.63, 3.8) is 0 Å². The first-order chi connectivity index (χ1) is 4.02. The Morgan fingerprint density at radius 2 is 2.00 bits per heavy atom. The van der Waals surface area contributed by atoms with Crippen molar-refractivity contribution in [3.05, 3.63) is 12.7 Å². The molecule has 0 aromatic heterocycles. The van der Waals surface area contributed by atoms with Gasteiger partial charge in [0.2, 0.25) is 3.79 Å². The van der Waals surface area contributed by atoms with E-state index < -0.39 is 9.90 Å². The van der Waals surface area contributed by atoms with Gasteiger partial charge < -0.3 is 4.43 Å². The van der Waals surface area contributed by atoms with Crippen molar-refractivity contribution in [2.45, 2.75) is 9.90 Å². The lowest BCUT2D eigenvalue weighted by Crippen LogP contribution is -2.25. The average Bonchev–Trinajstić information content (AvgIpc) is 1.65. The van der Waals surface area contributed by atoms with Crippen LogP contribution in [0.3, 0.4) is 0 Å². The molecule has 9 heavy (non-hydrogen) atoms. The molecule has 1 unspecified atom stereocenters. The highest BCUT2D eigenvalue weighted by Crippen LogP contribution is 2.32. The maximum atomic E-state index is 5.46. The maximum absolute atomic E-state index is 5.46. The predicted molar refractivity (Wildman–Crippen MR) is 45.3 cm³/mol. The van der Waals surface area contributed by atoms with Crippen LogP contribution in [0, 0.1) is 0 Å². The molecule has 0 spiro atoms. The largest absolute Gasteiger partial charge is 0.417 e. The van der Waals surface area contributed by atoms with Crippen LogP contribution < -0.4 is 0 Å². The van der Waals surface area contributed by atoms with Gasteiger partial charge in [-0.3, -0.25) is 0 Å². The summed E-state index contributed by atoms with van der Waals surface area (Å²) in [5, 5.41) is 0. The number of alkyl halides is 3. The zero-order valence-corrected chi connectivity index (χ0v) is 9.17. The second-order valence-corrected chi connectivity index (χ2v) is 4.27. The zero-order chi connectivity index (χ0) is 7.49. The summed E-state index contributed by atoms with van der Waals surface area (Å²) in [6.07, 6.45) is 0.995. The van der Waals surface area contributed by atoms with E-state index in [0.29, 0.717) is 10.5 Å². The molecule has 0 radical (unpaired) electrons. The van der Waals surface area contributed by atoms with Gasteiger partial charge in [-0.1, -0.05) is 40.9 Å². The van der Waals surface area contributed by atoms with Crippen LogP contribution in [0.1, 0.15) is 0 Å². The fourth-order valence-electron chi connectivity index (χ4n) is 0.363. The Morgan fingerprint density at radius 3 is 2.00 bits per heavy atom. The van der Waals surface area contributed by atoms with E-state index in [2.05, 4.69) is 6.58 Å². The molecule has 0 heterocycles. The lowest BCUT2D eigenvalue weighted by Gasteiger charge is -2.19. The standard InChI is InChI=1S/C4H7Cl3OSi/c1-2-3(8-9)4(5,6)7/h2-3H,1H2,9H3. The van der Waals surface area contributed by atoms with Crippen LogP contribution in [0.15, 0.2) is 12.7 Å². The third-order valence-electron chi connectivity index (χ3n) is 0.791. The minimum atomic E-state index is -1.37. The molecule has 1 nitrogen and oxygen atoms in total. The molecule has 54 valence electrons. The molecular weight excluding hydrogens is 198 g/mol. The van der Waals surface area contributed by atoms with E-state index >= 15 is 0 Å². The van der Waals surface area contributed by atoms with Crippen LogP contribution in [0.4, 0.5) is 0 Å². The fourth-order valence-corrected chi connectivity index (χ4v) is 1.89. The van der Waals surface area contributed by atoms with Crippen molar-refractivity contribution in [1.82, 2.24) is 0 Å². The van der Waals surface area contributed by atoms with Crippen molar-refractivity contribution in [1.29, 1.82) is 0 Å². The Bertz CT molecular complexity index is 100. The van der Waals surface area contributed by atoms with E-state index in [1.165, 1.54) is 6.08 Å². The van der Waals surface area contributed by atoms with Gasteiger partial charge in [-0.05, 0) is 0 Å². The Balaban J connectivity index is 3.94. The molecule has 0 bridgehead atoms. The molecule has 5 heteroatoms. The first kappa shape index (κ1) is 9.79. The third-order valence-corrected chi connectivity index (χ3v) is 1.94. The SMILES string of the molecule is C=CC(O[SiH3])C(Cl)(Cl)Cl. The molecule has 0 N–H and O–H groups in total. The lowest BCUT2D eigenvalue weighted by molar-refractivity contribution is 0.280. The molecule has 0 saturated heterocycles. The highest BCUT2D eigenvalue weighted by atomic mass is 35.6. The van der Waals surface area contributed by atoms with E-state index in [0.717, 1.165) is 0 Å². The Labute approximate surface area is 72.5 Å². The summed E-state index contributed by atoms with van der Waals surface area (Å²) in [7, 11) is 0.538. The van der Waals surface area contributed by atoms with Crippen molar-refractivity contribution >= 4 is 45.3 Å². The third kappa shape index (κ3) is 3.48. The van der Waals surface area contributed by atoms with Gasteiger partial charge in [0.1, 0.15) is 16.6 Å². The molecule has 0 saturated carbocycles. The topological polar surface area (TPSA) is 9.23 Å². The first-order valence-electron chi connectivity index (χ1n) is 2.24. The van der Waals surface area contributed by atoms with Gasteiger partial charge in [0.15, 0.2) is 0 Å². The molecule has 0 rings (SSSR count). The van der Waals surface area contributed by atoms with Crippen LogP contribution in [-0.4, -0.2) is 20.4 Å². The molecule has 0 aliphatic rings. The van der Waals surface area contributed by atoms with Crippen LogP contribution >= 0.6 is 34.8 Å². The minimum Gasteiger partial charge on any atom is -0.417 e. The fraction of sp³-hybridized carbons (Fsp3) is 0.500. The molecule has 0 aliphatic carbocycles. The maximum Gasteiger partial charge on any atom is 0.218 e. The normalized spacial score (nSPS) is 15.4. The van der Waals surface area contributed by atoms with Gasteiger partial charge in [-0.15, -0.1) is 6.58 Å². The second kappa shape index (κ2) is 3.83. The lowest BCUT2D eigenvalue weighted by atomic mass is 10.4. The average molecular weight is 206 g/mol. The first-order valence-corrected chi connectivity index (χ1v) is 4.19. The summed E-state index contributed by atoms with van der Waals surface area (Å²) in [6, 6.07) is 0. The number of hydrogen-bond acceptors (Lipinski definition) is 1. The predicted octanol–water partition coefficient (Wildman–Crippen LogP) is 1.21. The molecule has 0 aromatic rings. The Morgan fingerprint density at radius 1 is 1.56 bits per heavy atom. The van der Waals surface area contributed by atoms with Crippen molar-refractivity contribution in [3.8, 4) is 0 Å². The Hall–Kier alpha value is 0.787. The van der Waals surface area contributed by atoms with Crippen LogP contribution in [-0.2, 0) is 4.43 Å². The van der Waals surface area contributed by atoms with Crippen molar-refractivity contribution in [2.75, 3.05) is 0 Å².